The third-order valence-corrected chi connectivity index (χ3v) is 2.44. The van der Waals surface area contributed by atoms with Gasteiger partial charge in [0.25, 0.3) is 5.91 Å². The normalized spacial score (nSPS) is 10.6. The summed E-state index contributed by atoms with van der Waals surface area (Å²) in [5, 5.41) is 7.69. The summed E-state index contributed by atoms with van der Waals surface area (Å²) in [6.45, 7) is 4.97. The lowest BCUT2D eigenvalue weighted by Crippen LogP contribution is -2.29. The zero-order valence-corrected chi connectivity index (χ0v) is 10.5. The Morgan fingerprint density at radius 1 is 1.44 bits per heavy atom. The van der Waals surface area contributed by atoms with Crippen LogP contribution in [0.3, 0.4) is 0 Å². The predicted molar refractivity (Wildman–Crippen MR) is 63.5 cm³/mol. The smallest absolute Gasteiger partial charge is 0.274 e. The molecule has 0 aliphatic carbocycles. The third-order valence-electron chi connectivity index (χ3n) is 2.24. The quantitative estimate of drug-likeness (QED) is 0.812. The molecule has 0 aromatic carbocycles. The summed E-state index contributed by atoms with van der Waals surface area (Å²) in [4.78, 5) is 13.5. The number of aromatic nitrogens is 2. The van der Waals surface area contributed by atoms with Crippen molar-refractivity contribution >= 4 is 17.5 Å². The van der Waals surface area contributed by atoms with E-state index in [4.69, 9.17) is 11.6 Å². The third kappa shape index (κ3) is 3.77. The molecule has 1 aromatic rings. The van der Waals surface area contributed by atoms with Gasteiger partial charge >= 0.3 is 0 Å². The Morgan fingerprint density at radius 3 is 2.62 bits per heavy atom. The number of hydrogen-bond acceptors (Lipinski definition) is 3. The van der Waals surface area contributed by atoms with Gasteiger partial charge in [0.2, 0.25) is 0 Å². The van der Waals surface area contributed by atoms with E-state index in [0.717, 1.165) is 13.0 Å². The SMILES string of the molecule is CC(C)CCN(C)C(=O)c1ccc(Cl)nn1. The highest BCUT2D eigenvalue weighted by Crippen LogP contribution is 2.06. The Labute approximate surface area is 101 Å². The molecule has 1 heterocycles. The van der Waals surface area contributed by atoms with Crippen LogP contribution < -0.4 is 0 Å². The average Bonchev–Trinajstić information content (AvgIpc) is 2.26. The molecule has 88 valence electrons. The summed E-state index contributed by atoms with van der Waals surface area (Å²) in [5.41, 5.74) is 0.329. The van der Waals surface area contributed by atoms with E-state index >= 15 is 0 Å². The minimum absolute atomic E-state index is 0.121. The first-order valence-electron chi connectivity index (χ1n) is 5.25. The van der Waals surface area contributed by atoms with Gasteiger partial charge in [0.05, 0.1) is 0 Å². The molecule has 0 saturated heterocycles. The summed E-state index contributed by atoms with van der Waals surface area (Å²) in [6.07, 6.45) is 0.975. The zero-order valence-electron chi connectivity index (χ0n) is 9.77. The van der Waals surface area contributed by atoms with E-state index in [2.05, 4.69) is 24.0 Å². The maximum Gasteiger partial charge on any atom is 0.274 e. The second kappa shape index (κ2) is 5.80. The second-order valence-electron chi connectivity index (χ2n) is 4.15. The molecule has 4 nitrogen and oxygen atoms in total. The van der Waals surface area contributed by atoms with E-state index in [-0.39, 0.29) is 5.91 Å². The first-order valence-corrected chi connectivity index (χ1v) is 5.63. The van der Waals surface area contributed by atoms with Crippen LogP contribution in [0.1, 0.15) is 30.8 Å². The van der Waals surface area contributed by atoms with Crippen LogP contribution in [0.15, 0.2) is 12.1 Å². The molecule has 1 aromatic heterocycles. The van der Waals surface area contributed by atoms with E-state index in [9.17, 15) is 4.79 Å². The highest BCUT2D eigenvalue weighted by molar-refractivity contribution is 6.29. The first kappa shape index (κ1) is 12.9. The molecule has 0 spiro atoms. The maximum absolute atomic E-state index is 11.8. The molecule has 5 heteroatoms. The predicted octanol–water partition coefficient (Wildman–Crippen LogP) is 2.25. The van der Waals surface area contributed by atoms with Crippen molar-refractivity contribution in [2.75, 3.05) is 13.6 Å². The van der Waals surface area contributed by atoms with E-state index in [1.54, 1.807) is 24.1 Å². The van der Waals surface area contributed by atoms with Crippen molar-refractivity contribution in [3.05, 3.63) is 23.0 Å². The number of hydrogen-bond donors (Lipinski definition) is 0. The summed E-state index contributed by atoms with van der Waals surface area (Å²) < 4.78 is 0. The molecular formula is C11H16ClN3O. The number of carbonyl (C=O) groups excluding carboxylic acids is 1. The van der Waals surface area contributed by atoms with E-state index in [1.165, 1.54) is 0 Å². The fraction of sp³-hybridized carbons (Fsp3) is 0.545. The maximum atomic E-state index is 11.8. The highest BCUT2D eigenvalue weighted by atomic mass is 35.5. The number of amides is 1. The van der Waals surface area contributed by atoms with Crippen molar-refractivity contribution in [3.63, 3.8) is 0 Å². The molecular weight excluding hydrogens is 226 g/mol. The summed E-state index contributed by atoms with van der Waals surface area (Å²) in [6, 6.07) is 3.15. The van der Waals surface area contributed by atoms with Crippen LogP contribution in [-0.2, 0) is 0 Å². The van der Waals surface area contributed by atoms with Crippen molar-refractivity contribution in [2.24, 2.45) is 5.92 Å². The molecule has 0 N–H and O–H groups in total. The Morgan fingerprint density at radius 2 is 2.12 bits per heavy atom. The van der Waals surface area contributed by atoms with Gasteiger partial charge in [-0.15, -0.1) is 10.2 Å². The molecule has 0 fully saturated rings. The zero-order chi connectivity index (χ0) is 12.1. The molecule has 0 bridgehead atoms. The van der Waals surface area contributed by atoms with Gasteiger partial charge in [-0.1, -0.05) is 25.4 Å². The molecule has 0 aliphatic heterocycles. The van der Waals surface area contributed by atoms with Crippen molar-refractivity contribution in [3.8, 4) is 0 Å². The number of carbonyl (C=O) groups is 1. The van der Waals surface area contributed by atoms with Gasteiger partial charge in [-0.05, 0) is 24.5 Å². The largest absolute Gasteiger partial charge is 0.340 e. The van der Waals surface area contributed by atoms with Crippen LogP contribution in [0.2, 0.25) is 5.15 Å². The topological polar surface area (TPSA) is 46.1 Å². The molecule has 0 aliphatic rings. The van der Waals surface area contributed by atoms with Gasteiger partial charge in [0.1, 0.15) is 0 Å². The van der Waals surface area contributed by atoms with Crippen molar-refractivity contribution < 1.29 is 4.79 Å². The number of rotatable bonds is 4. The van der Waals surface area contributed by atoms with Gasteiger partial charge in [0, 0.05) is 13.6 Å². The van der Waals surface area contributed by atoms with E-state index in [1.807, 2.05) is 0 Å². The van der Waals surface area contributed by atoms with Gasteiger partial charge in [-0.25, -0.2) is 0 Å². The van der Waals surface area contributed by atoms with Crippen molar-refractivity contribution in [1.29, 1.82) is 0 Å². The minimum Gasteiger partial charge on any atom is -0.340 e. The molecule has 0 atom stereocenters. The van der Waals surface area contributed by atoms with Crippen LogP contribution in [-0.4, -0.2) is 34.6 Å². The molecule has 0 radical (unpaired) electrons. The molecule has 16 heavy (non-hydrogen) atoms. The Balaban J connectivity index is 2.60. The summed E-state index contributed by atoms with van der Waals surface area (Å²) >= 11 is 5.60. The van der Waals surface area contributed by atoms with Crippen molar-refractivity contribution in [2.45, 2.75) is 20.3 Å². The highest BCUT2D eigenvalue weighted by Gasteiger charge is 2.13. The average molecular weight is 242 g/mol. The molecule has 1 amide bonds. The van der Waals surface area contributed by atoms with E-state index in [0.29, 0.717) is 16.8 Å². The molecule has 0 saturated carbocycles. The number of halogens is 1. The monoisotopic (exact) mass is 241 g/mol. The second-order valence-corrected chi connectivity index (χ2v) is 4.54. The van der Waals surface area contributed by atoms with Gasteiger partial charge in [-0.3, -0.25) is 4.79 Å². The van der Waals surface area contributed by atoms with Gasteiger partial charge in [-0.2, -0.15) is 0 Å². The Hall–Kier alpha value is -1.16. The molecule has 0 unspecified atom stereocenters. The lowest BCUT2D eigenvalue weighted by molar-refractivity contribution is 0.0782. The van der Waals surface area contributed by atoms with Crippen molar-refractivity contribution in [1.82, 2.24) is 15.1 Å². The Kier molecular flexibility index (Phi) is 4.68. The van der Waals surface area contributed by atoms with Gasteiger partial charge < -0.3 is 4.90 Å². The summed E-state index contributed by atoms with van der Waals surface area (Å²) in [7, 11) is 1.76. The van der Waals surface area contributed by atoms with Gasteiger partial charge in [0.15, 0.2) is 10.8 Å². The number of nitrogens with zero attached hydrogens (tertiary/aromatic N) is 3. The van der Waals surface area contributed by atoms with Crippen LogP contribution in [0.4, 0.5) is 0 Å². The molecule has 1 rings (SSSR count). The Bertz CT molecular complexity index is 351. The summed E-state index contributed by atoms with van der Waals surface area (Å²) in [5.74, 6) is 0.455. The lowest BCUT2D eigenvalue weighted by Gasteiger charge is -2.17. The fourth-order valence-corrected chi connectivity index (χ4v) is 1.28. The lowest BCUT2D eigenvalue weighted by atomic mass is 10.1. The van der Waals surface area contributed by atoms with Crippen LogP contribution >= 0.6 is 11.6 Å². The van der Waals surface area contributed by atoms with E-state index < -0.39 is 0 Å². The first-order chi connectivity index (χ1) is 7.50. The fourth-order valence-electron chi connectivity index (χ4n) is 1.18. The minimum atomic E-state index is -0.121. The standard InChI is InChI=1S/C11H16ClN3O/c1-8(2)6-7-15(3)11(16)9-4-5-10(12)14-13-9/h4-5,8H,6-7H2,1-3H3. The van der Waals surface area contributed by atoms with Crippen LogP contribution in [0.25, 0.3) is 0 Å². The van der Waals surface area contributed by atoms with Crippen LogP contribution in [0.5, 0.6) is 0 Å². The van der Waals surface area contributed by atoms with Crippen LogP contribution in [0, 0.1) is 5.92 Å².